The molecule has 10 rings (SSSR count). The molecule has 332 valence electrons. The highest BCUT2D eigenvalue weighted by Gasteiger charge is 2.35. The van der Waals surface area contributed by atoms with Crippen molar-refractivity contribution in [2.75, 3.05) is 39.3 Å². The zero-order valence-electron chi connectivity index (χ0n) is 37.5. The Morgan fingerprint density at radius 2 is 1.23 bits per heavy atom. The lowest BCUT2D eigenvalue weighted by molar-refractivity contribution is -0.132. The second-order valence-corrected chi connectivity index (χ2v) is 18.7. The number of amides is 2. The van der Waals surface area contributed by atoms with Crippen LogP contribution >= 0.6 is 0 Å². The number of piperidine rings is 2. The van der Waals surface area contributed by atoms with E-state index in [-0.39, 0.29) is 23.9 Å². The van der Waals surface area contributed by atoms with Crippen molar-refractivity contribution in [3.8, 4) is 23.1 Å². The lowest BCUT2D eigenvalue weighted by atomic mass is 10.0. The van der Waals surface area contributed by atoms with E-state index < -0.39 is 0 Å². The molecule has 2 N–H and O–H groups in total. The summed E-state index contributed by atoms with van der Waals surface area (Å²) in [6.45, 7) is 11.9. The molecule has 0 spiro atoms. The van der Waals surface area contributed by atoms with Gasteiger partial charge in [-0.25, -0.2) is 9.97 Å². The Labute approximate surface area is 383 Å². The van der Waals surface area contributed by atoms with Crippen molar-refractivity contribution in [3.05, 3.63) is 154 Å². The van der Waals surface area contributed by atoms with Crippen LogP contribution in [0.1, 0.15) is 115 Å². The van der Waals surface area contributed by atoms with Gasteiger partial charge in [0.05, 0.1) is 47.8 Å². The summed E-state index contributed by atoms with van der Waals surface area (Å²) >= 11 is 0. The van der Waals surface area contributed by atoms with Gasteiger partial charge in [-0.3, -0.25) is 19.4 Å². The van der Waals surface area contributed by atoms with E-state index in [4.69, 9.17) is 9.97 Å². The van der Waals surface area contributed by atoms with Gasteiger partial charge in [-0.2, -0.15) is 0 Å². The number of aromatic nitrogens is 4. The van der Waals surface area contributed by atoms with Crippen molar-refractivity contribution in [2.24, 2.45) is 0 Å². The monoisotopic (exact) mass is 864 g/mol. The van der Waals surface area contributed by atoms with Crippen LogP contribution in [0.4, 0.5) is 0 Å². The van der Waals surface area contributed by atoms with Crippen molar-refractivity contribution >= 4 is 22.8 Å². The van der Waals surface area contributed by atoms with E-state index in [2.05, 4.69) is 92.8 Å². The summed E-state index contributed by atoms with van der Waals surface area (Å²) in [5.74, 6) is 8.58. The van der Waals surface area contributed by atoms with Crippen LogP contribution in [0.5, 0.6) is 0 Å². The van der Waals surface area contributed by atoms with Gasteiger partial charge < -0.3 is 19.8 Å². The Balaban J connectivity index is 0.773. The topological polar surface area (TPSA) is 104 Å². The number of carbonyl (C=O) groups excluding carboxylic acids is 2. The maximum Gasteiger partial charge on any atom is 0.227 e. The number of imidazole rings is 2. The van der Waals surface area contributed by atoms with E-state index in [1.165, 1.54) is 49.7 Å². The number of nitrogens with zero attached hydrogens (tertiary/aromatic N) is 6. The van der Waals surface area contributed by atoms with Gasteiger partial charge >= 0.3 is 0 Å². The van der Waals surface area contributed by atoms with E-state index in [1.54, 1.807) is 0 Å². The van der Waals surface area contributed by atoms with Gasteiger partial charge in [0.25, 0.3) is 0 Å². The first kappa shape index (κ1) is 42.7. The fourth-order valence-electron chi connectivity index (χ4n) is 10.5. The molecule has 2 aromatic heterocycles. The molecule has 0 aliphatic carbocycles. The highest BCUT2D eigenvalue weighted by molar-refractivity contribution is 5.82. The molecule has 4 aliphatic rings. The number of carbonyl (C=O) groups is 2. The third kappa shape index (κ3) is 9.87. The molecule has 6 aromatic rings. The van der Waals surface area contributed by atoms with Gasteiger partial charge in [0, 0.05) is 37.3 Å². The largest absolute Gasteiger partial charge is 0.340 e. The molecule has 0 radical (unpaired) electrons. The molecular weight excluding hydrogens is 805 g/mol. The molecule has 10 heteroatoms. The first-order chi connectivity index (χ1) is 31.9. The van der Waals surface area contributed by atoms with Crippen LogP contribution in [0.2, 0.25) is 0 Å². The SMILES string of the molecule is C=C1C[C@@H](c2nc3ccc(C#Cc4ccc(-c5cnc([C@H]6CCCN6C(=O)Cc6ccccc6CN6CCCCC6)[nH]5)cc4)cc3[nH]2)N(C(=O)Cc2ccccc2CN2CCCCC2)C1. The predicted octanol–water partition coefficient (Wildman–Crippen LogP) is 9.30. The summed E-state index contributed by atoms with van der Waals surface area (Å²) in [6, 6.07) is 30.9. The molecule has 4 fully saturated rings. The fourth-order valence-corrected chi connectivity index (χ4v) is 10.5. The highest BCUT2D eigenvalue weighted by Crippen LogP contribution is 2.36. The number of nitrogens with one attached hydrogen (secondary N) is 2. The van der Waals surface area contributed by atoms with Crippen molar-refractivity contribution in [3.63, 3.8) is 0 Å². The maximum absolute atomic E-state index is 14.0. The second kappa shape index (κ2) is 19.4. The standard InChI is InChI=1S/C55H60N8O2/c1-39-31-51(63(36-39)53(65)34-44-14-5-7-16-46(44)38-61-28-10-3-11-29-61)55-57-47-25-22-41(32-48(47)58-55)19-18-40-20-23-42(24-21-40)49-35-56-54(59-49)50-17-12-30-62(50)52(64)33-43-13-4-6-15-45(43)37-60-26-8-2-9-27-60/h4-7,13-16,20-25,32,35,50-51H,1-3,8-12,17,26-31,33-34,36-38H2,(H,56,59)(H,57,58)/t50-,51+/m1/s1. The van der Waals surface area contributed by atoms with Crippen LogP contribution in [0, 0.1) is 11.8 Å². The minimum atomic E-state index is -0.183. The van der Waals surface area contributed by atoms with Crippen LogP contribution in [-0.2, 0) is 35.5 Å². The molecular formula is C55H60N8O2. The molecule has 0 unspecified atom stereocenters. The van der Waals surface area contributed by atoms with E-state index in [0.29, 0.717) is 25.8 Å². The van der Waals surface area contributed by atoms with E-state index >= 15 is 0 Å². The Hall–Kier alpha value is -6.28. The van der Waals surface area contributed by atoms with E-state index in [1.807, 2.05) is 52.4 Å². The third-order valence-electron chi connectivity index (χ3n) is 14.0. The number of hydrogen-bond donors (Lipinski definition) is 2. The van der Waals surface area contributed by atoms with Crippen LogP contribution in [0.3, 0.4) is 0 Å². The molecule has 6 heterocycles. The van der Waals surface area contributed by atoms with Gasteiger partial charge in [0.1, 0.15) is 11.6 Å². The van der Waals surface area contributed by atoms with Crippen LogP contribution < -0.4 is 0 Å². The molecule has 0 saturated carbocycles. The van der Waals surface area contributed by atoms with Crippen LogP contribution in [0.25, 0.3) is 22.3 Å². The van der Waals surface area contributed by atoms with Crippen LogP contribution in [-0.4, -0.2) is 90.6 Å². The van der Waals surface area contributed by atoms with Crippen LogP contribution in [0.15, 0.2) is 109 Å². The van der Waals surface area contributed by atoms with Crippen molar-refractivity contribution in [1.82, 2.24) is 39.5 Å². The smallest absolute Gasteiger partial charge is 0.227 e. The molecule has 4 aromatic carbocycles. The lowest BCUT2D eigenvalue weighted by Gasteiger charge is -2.28. The van der Waals surface area contributed by atoms with Gasteiger partial charge in [-0.15, -0.1) is 0 Å². The van der Waals surface area contributed by atoms with Gasteiger partial charge in [0.15, 0.2) is 0 Å². The summed E-state index contributed by atoms with van der Waals surface area (Å²) in [4.78, 5) is 53.7. The number of hydrogen-bond acceptors (Lipinski definition) is 6. The Bertz CT molecular complexity index is 2730. The van der Waals surface area contributed by atoms with Gasteiger partial charge in [-0.05, 0) is 129 Å². The van der Waals surface area contributed by atoms with Crippen molar-refractivity contribution in [1.29, 1.82) is 0 Å². The van der Waals surface area contributed by atoms with Crippen molar-refractivity contribution in [2.45, 2.75) is 95.8 Å². The number of H-pyrrole nitrogens is 2. The molecule has 4 saturated heterocycles. The summed E-state index contributed by atoms with van der Waals surface area (Å²) in [7, 11) is 0. The molecule has 2 atom stereocenters. The quantitative estimate of drug-likeness (QED) is 0.0995. The van der Waals surface area contributed by atoms with Gasteiger partial charge in [0.2, 0.25) is 11.8 Å². The lowest BCUT2D eigenvalue weighted by Crippen LogP contribution is -2.33. The number of benzene rings is 4. The zero-order chi connectivity index (χ0) is 44.1. The first-order valence-corrected chi connectivity index (χ1v) is 23.9. The normalized spacial score (nSPS) is 19.5. The van der Waals surface area contributed by atoms with E-state index in [9.17, 15) is 9.59 Å². The molecule has 2 amide bonds. The maximum atomic E-state index is 14.0. The Morgan fingerprint density at radius 1 is 0.631 bits per heavy atom. The number of aromatic amines is 2. The minimum Gasteiger partial charge on any atom is -0.340 e. The second-order valence-electron chi connectivity index (χ2n) is 18.7. The average molecular weight is 865 g/mol. The van der Waals surface area contributed by atoms with E-state index in [0.717, 1.165) is 120 Å². The number of likely N-dealkylation sites (tertiary alicyclic amines) is 4. The summed E-state index contributed by atoms with van der Waals surface area (Å²) < 4.78 is 0. The Morgan fingerprint density at radius 3 is 1.89 bits per heavy atom. The zero-order valence-corrected chi connectivity index (χ0v) is 37.5. The third-order valence-corrected chi connectivity index (χ3v) is 14.0. The molecule has 4 aliphatic heterocycles. The number of fused-ring (bicyclic) bond motifs is 1. The van der Waals surface area contributed by atoms with Gasteiger partial charge in [-0.1, -0.05) is 97.5 Å². The number of rotatable bonds is 11. The van der Waals surface area contributed by atoms with Crippen molar-refractivity contribution < 1.29 is 9.59 Å². The summed E-state index contributed by atoms with van der Waals surface area (Å²) in [5.41, 5.74) is 11.3. The highest BCUT2D eigenvalue weighted by atomic mass is 16.2. The fraction of sp³-hybridized carbons (Fsp3) is 0.382. The summed E-state index contributed by atoms with van der Waals surface area (Å²) in [6.07, 6.45) is 12.8. The average Bonchev–Trinajstić information content (AvgIpc) is 4.17. The molecule has 10 nitrogen and oxygen atoms in total. The predicted molar refractivity (Wildman–Crippen MR) is 257 cm³/mol. The molecule has 65 heavy (non-hydrogen) atoms. The first-order valence-electron chi connectivity index (χ1n) is 23.9. The summed E-state index contributed by atoms with van der Waals surface area (Å²) in [5, 5.41) is 0. The Kier molecular flexibility index (Phi) is 12.8. The molecule has 0 bridgehead atoms. The minimum absolute atomic E-state index is 0.0553.